The van der Waals surface area contributed by atoms with Gasteiger partial charge in [0.2, 0.25) is 11.8 Å². The largest absolute Gasteiger partial charge is 0.347 e. The lowest BCUT2D eigenvalue weighted by Crippen LogP contribution is -2.41. The van der Waals surface area contributed by atoms with Crippen molar-refractivity contribution < 1.29 is 9.59 Å². The van der Waals surface area contributed by atoms with Crippen molar-refractivity contribution in [3.63, 3.8) is 0 Å². The maximum Gasteiger partial charge on any atom is 0.241 e. The first-order chi connectivity index (χ1) is 11.2. The van der Waals surface area contributed by atoms with Crippen molar-refractivity contribution in [3.05, 3.63) is 35.9 Å². The molecule has 126 valence electrons. The molecule has 0 spiro atoms. The van der Waals surface area contributed by atoms with Crippen molar-refractivity contribution in [1.29, 1.82) is 0 Å². The molecule has 23 heavy (non-hydrogen) atoms. The van der Waals surface area contributed by atoms with E-state index in [1.807, 2.05) is 35.2 Å². The molecule has 1 aromatic rings. The second-order valence-electron chi connectivity index (χ2n) is 6.41. The van der Waals surface area contributed by atoms with Gasteiger partial charge in [-0.25, -0.2) is 0 Å². The summed E-state index contributed by atoms with van der Waals surface area (Å²) in [6, 6.07) is 9.60. The summed E-state index contributed by atoms with van der Waals surface area (Å²) in [5, 5.41) is 2.75. The minimum Gasteiger partial charge on any atom is -0.347 e. The zero-order valence-corrected chi connectivity index (χ0v) is 14.1. The Bertz CT molecular complexity index is 501. The van der Waals surface area contributed by atoms with Crippen LogP contribution in [0.5, 0.6) is 0 Å². The molecule has 0 radical (unpaired) electrons. The standard InChI is InChI=1S/C19H28N2O2/c1-2-7-16-10-6-12-21(13-11-16)19(23)15-20-18(22)14-17-8-4-3-5-9-17/h3-5,8-9,16H,2,6-7,10-15H2,1H3,(H,20,22). The predicted molar refractivity (Wildman–Crippen MR) is 92.0 cm³/mol. The normalized spacial score (nSPS) is 18.3. The maximum atomic E-state index is 12.3. The zero-order valence-electron chi connectivity index (χ0n) is 14.1. The van der Waals surface area contributed by atoms with Gasteiger partial charge in [0.25, 0.3) is 0 Å². The molecule has 1 atom stereocenters. The van der Waals surface area contributed by atoms with Gasteiger partial charge in [-0.15, -0.1) is 0 Å². The van der Waals surface area contributed by atoms with Gasteiger partial charge in [-0.1, -0.05) is 50.1 Å². The molecule has 2 amide bonds. The fourth-order valence-corrected chi connectivity index (χ4v) is 3.24. The Morgan fingerprint density at radius 1 is 1.17 bits per heavy atom. The van der Waals surface area contributed by atoms with Crippen LogP contribution < -0.4 is 5.32 Å². The lowest BCUT2D eigenvalue weighted by molar-refractivity contribution is -0.132. The second-order valence-corrected chi connectivity index (χ2v) is 6.41. The molecule has 0 bridgehead atoms. The number of hydrogen-bond donors (Lipinski definition) is 1. The smallest absolute Gasteiger partial charge is 0.241 e. The highest BCUT2D eigenvalue weighted by Gasteiger charge is 2.20. The molecule has 2 rings (SSSR count). The molecule has 4 nitrogen and oxygen atoms in total. The molecule has 1 aliphatic rings. The van der Waals surface area contributed by atoms with E-state index in [0.717, 1.165) is 37.4 Å². The van der Waals surface area contributed by atoms with Gasteiger partial charge in [-0.3, -0.25) is 9.59 Å². The lowest BCUT2D eigenvalue weighted by atomic mass is 9.96. The average molecular weight is 316 g/mol. The maximum absolute atomic E-state index is 12.3. The number of nitrogens with zero attached hydrogens (tertiary/aromatic N) is 1. The Labute approximate surface area is 139 Å². The molecule has 0 aromatic heterocycles. The van der Waals surface area contributed by atoms with Crippen molar-refractivity contribution in [3.8, 4) is 0 Å². The van der Waals surface area contributed by atoms with Crippen LogP contribution in [-0.4, -0.2) is 36.3 Å². The molecule has 1 aromatic carbocycles. The highest BCUT2D eigenvalue weighted by Crippen LogP contribution is 2.21. The second kappa shape index (κ2) is 9.33. The summed E-state index contributed by atoms with van der Waals surface area (Å²) in [6.07, 6.45) is 6.20. The fraction of sp³-hybridized carbons (Fsp3) is 0.579. The highest BCUT2D eigenvalue weighted by molar-refractivity contribution is 5.85. The number of benzene rings is 1. The number of likely N-dealkylation sites (tertiary alicyclic amines) is 1. The molecule has 0 aliphatic carbocycles. The molecule has 1 fully saturated rings. The van der Waals surface area contributed by atoms with E-state index in [2.05, 4.69) is 12.2 Å². The van der Waals surface area contributed by atoms with Crippen molar-refractivity contribution in [1.82, 2.24) is 10.2 Å². The molecule has 1 unspecified atom stereocenters. The van der Waals surface area contributed by atoms with Gasteiger partial charge in [0.1, 0.15) is 0 Å². The van der Waals surface area contributed by atoms with Gasteiger partial charge in [0.05, 0.1) is 13.0 Å². The minimum atomic E-state index is -0.0942. The van der Waals surface area contributed by atoms with E-state index in [1.54, 1.807) is 0 Å². The quantitative estimate of drug-likeness (QED) is 0.877. The summed E-state index contributed by atoms with van der Waals surface area (Å²) in [5.41, 5.74) is 0.967. The van der Waals surface area contributed by atoms with Gasteiger partial charge in [-0.05, 0) is 30.7 Å². The third kappa shape index (κ3) is 6.05. The number of nitrogens with one attached hydrogen (secondary N) is 1. The number of carbonyl (C=O) groups is 2. The van der Waals surface area contributed by atoms with Crippen LogP contribution in [0.15, 0.2) is 30.3 Å². The first kappa shape index (κ1) is 17.5. The Balaban J connectivity index is 1.72. The number of carbonyl (C=O) groups excluding carboxylic acids is 2. The van der Waals surface area contributed by atoms with Crippen LogP contribution in [0, 0.1) is 5.92 Å². The van der Waals surface area contributed by atoms with Gasteiger partial charge < -0.3 is 10.2 Å². The van der Waals surface area contributed by atoms with Crippen LogP contribution in [0.1, 0.15) is 44.6 Å². The van der Waals surface area contributed by atoms with Crippen LogP contribution in [0.25, 0.3) is 0 Å². The third-order valence-corrected chi connectivity index (χ3v) is 4.54. The van der Waals surface area contributed by atoms with Gasteiger partial charge in [0, 0.05) is 13.1 Å². The summed E-state index contributed by atoms with van der Waals surface area (Å²) < 4.78 is 0. The molecule has 1 N–H and O–H groups in total. The topological polar surface area (TPSA) is 49.4 Å². The van der Waals surface area contributed by atoms with Crippen LogP contribution in [0.4, 0.5) is 0 Å². The molecular weight excluding hydrogens is 288 g/mol. The Hall–Kier alpha value is -1.84. The fourth-order valence-electron chi connectivity index (χ4n) is 3.24. The van der Waals surface area contributed by atoms with Gasteiger partial charge >= 0.3 is 0 Å². The molecule has 1 saturated heterocycles. The van der Waals surface area contributed by atoms with Gasteiger partial charge in [-0.2, -0.15) is 0 Å². The number of amides is 2. The van der Waals surface area contributed by atoms with Crippen molar-refractivity contribution >= 4 is 11.8 Å². The van der Waals surface area contributed by atoms with Crippen LogP contribution in [-0.2, 0) is 16.0 Å². The van der Waals surface area contributed by atoms with Crippen molar-refractivity contribution in [2.45, 2.75) is 45.4 Å². The van der Waals surface area contributed by atoms with E-state index in [1.165, 1.54) is 19.3 Å². The van der Waals surface area contributed by atoms with Crippen molar-refractivity contribution in [2.75, 3.05) is 19.6 Å². The Morgan fingerprint density at radius 2 is 1.96 bits per heavy atom. The average Bonchev–Trinajstić information content (AvgIpc) is 2.80. The zero-order chi connectivity index (χ0) is 16.5. The van der Waals surface area contributed by atoms with E-state index >= 15 is 0 Å². The summed E-state index contributed by atoms with van der Waals surface area (Å²) in [5.74, 6) is 0.706. The van der Waals surface area contributed by atoms with Crippen LogP contribution >= 0.6 is 0 Å². The van der Waals surface area contributed by atoms with E-state index < -0.39 is 0 Å². The monoisotopic (exact) mass is 316 g/mol. The van der Waals surface area contributed by atoms with E-state index in [0.29, 0.717) is 6.42 Å². The predicted octanol–water partition coefficient (Wildman–Crippen LogP) is 2.77. The molecule has 1 heterocycles. The summed E-state index contributed by atoms with van der Waals surface area (Å²) in [7, 11) is 0. The SMILES string of the molecule is CCCC1CCCN(C(=O)CNC(=O)Cc2ccccc2)CC1. The summed E-state index contributed by atoms with van der Waals surface area (Å²) in [6.45, 7) is 3.99. The minimum absolute atomic E-state index is 0.0450. The highest BCUT2D eigenvalue weighted by atomic mass is 16.2. The Kier molecular flexibility index (Phi) is 7.11. The summed E-state index contributed by atoms with van der Waals surface area (Å²) in [4.78, 5) is 26.1. The van der Waals surface area contributed by atoms with E-state index in [-0.39, 0.29) is 18.4 Å². The molecular formula is C19H28N2O2. The van der Waals surface area contributed by atoms with Crippen molar-refractivity contribution in [2.24, 2.45) is 5.92 Å². The number of hydrogen-bond acceptors (Lipinski definition) is 2. The first-order valence-electron chi connectivity index (χ1n) is 8.77. The van der Waals surface area contributed by atoms with Crippen LogP contribution in [0.2, 0.25) is 0 Å². The van der Waals surface area contributed by atoms with E-state index in [4.69, 9.17) is 0 Å². The molecule has 1 aliphatic heterocycles. The van der Waals surface area contributed by atoms with Crippen LogP contribution in [0.3, 0.4) is 0 Å². The lowest BCUT2D eigenvalue weighted by Gasteiger charge is -2.21. The summed E-state index contributed by atoms with van der Waals surface area (Å²) >= 11 is 0. The third-order valence-electron chi connectivity index (χ3n) is 4.54. The molecule has 0 saturated carbocycles. The molecule has 4 heteroatoms. The van der Waals surface area contributed by atoms with E-state index in [9.17, 15) is 9.59 Å². The van der Waals surface area contributed by atoms with Gasteiger partial charge in [0.15, 0.2) is 0 Å². The Morgan fingerprint density at radius 3 is 2.70 bits per heavy atom. The number of rotatable bonds is 6. The first-order valence-corrected chi connectivity index (χ1v) is 8.77.